The standard InChI is InChI=1S/C10H7ClIN3/c11-10-13-6-5-9(15-10)14-8-4-2-1-3-7(8)12/h1-6H,(H,13,14,15). The number of para-hydroxylation sites is 1. The summed E-state index contributed by atoms with van der Waals surface area (Å²) < 4.78 is 1.13. The van der Waals surface area contributed by atoms with Crippen LogP contribution in [0.5, 0.6) is 0 Å². The normalized spacial score (nSPS) is 10.0. The molecule has 1 aromatic carbocycles. The molecule has 1 aromatic heterocycles. The van der Waals surface area contributed by atoms with E-state index in [-0.39, 0.29) is 5.28 Å². The molecule has 2 aromatic rings. The molecular weight excluding hydrogens is 324 g/mol. The zero-order chi connectivity index (χ0) is 10.7. The fraction of sp³-hybridized carbons (Fsp3) is 0. The fourth-order valence-corrected chi connectivity index (χ4v) is 1.77. The molecule has 0 aliphatic heterocycles. The SMILES string of the molecule is Clc1nccc(Nc2ccccc2I)n1. The highest BCUT2D eigenvalue weighted by molar-refractivity contribution is 14.1. The van der Waals surface area contributed by atoms with Crippen molar-refractivity contribution in [2.75, 3.05) is 5.32 Å². The van der Waals surface area contributed by atoms with Crippen molar-refractivity contribution >= 4 is 45.7 Å². The first kappa shape index (κ1) is 10.6. The quantitative estimate of drug-likeness (QED) is 0.676. The molecule has 0 bridgehead atoms. The lowest BCUT2D eigenvalue weighted by Gasteiger charge is -2.06. The molecule has 2 rings (SSSR count). The van der Waals surface area contributed by atoms with Crippen LogP contribution in [0, 0.1) is 3.57 Å². The molecule has 0 saturated carbocycles. The summed E-state index contributed by atoms with van der Waals surface area (Å²) in [7, 11) is 0. The van der Waals surface area contributed by atoms with Gasteiger partial charge in [0.2, 0.25) is 5.28 Å². The highest BCUT2D eigenvalue weighted by Crippen LogP contribution is 2.21. The molecule has 0 aliphatic rings. The van der Waals surface area contributed by atoms with E-state index in [0.717, 1.165) is 9.26 Å². The molecule has 76 valence electrons. The van der Waals surface area contributed by atoms with Gasteiger partial charge in [-0.05, 0) is 52.4 Å². The lowest BCUT2D eigenvalue weighted by molar-refractivity contribution is 1.17. The lowest BCUT2D eigenvalue weighted by atomic mass is 10.3. The van der Waals surface area contributed by atoms with Gasteiger partial charge in [-0.1, -0.05) is 12.1 Å². The number of nitrogens with one attached hydrogen (secondary N) is 1. The van der Waals surface area contributed by atoms with E-state index in [1.54, 1.807) is 12.3 Å². The Hall–Kier alpha value is -0.880. The monoisotopic (exact) mass is 331 g/mol. The van der Waals surface area contributed by atoms with Crippen LogP contribution in [0.25, 0.3) is 0 Å². The molecule has 0 aliphatic carbocycles. The Kier molecular flexibility index (Phi) is 3.37. The summed E-state index contributed by atoms with van der Waals surface area (Å²) in [6.45, 7) is 0. The summed E-state index contributed by atoms with van der Waals surface area (Å²) in [5.74, 6) is 0.694. The molecule has 0 amide bonds. The Labute approximate surface area is 106 Å². The largest absolute Gasteiger partial charge is 0.339 e. The molecule has 0 unspecified atom stereocenters. The van der Waals surface area contributed by atoms with E-state index in [1.807, 2.05) is 24.3 Å². The van der Waals surface area contributed by atoms with E-state index >= 15 is 0 Å². The summed E-state index contributed by atoms with van der Waals surface area (Å²) in [6, 6.07) is 9.73. The van der Waals surface area contributed by atoms with Crippen LogP contribution in [-0.2, 0) is 0 Å². The van der Waals surface area contributed by atoms with Crippen molar-refractivity contribution in [2.24, 2.45) is 0 Å². The molecule has 3 nitrogen and oxygen atoms in total. The van der Waals surface area contributed by atoms with Crippen molar-refractivity contribution in [1.82, 2.24) is 9.97 Å². The molecule has 15 heavy (non-hydrogen) atoms. The van der Waals surface area contributed by atoms with Gasteiger partial charge in [0.05, 0.1) is 5.69 Å². The summed E-state index contributed by atoms with van der Waals surface area (Å²) in [5, 5.41) is 3.41. The third-order valence-corrected chi connectivity index (χ3v) is 2.89. The maximum atomic E-state index is 5.69. The third kappa shape index (κ3) is 2.79. The van der Waals surface area contributed by atoms with E-state index in [0.29, 0.717) is 5.82 Å². The van der Waals surface area contributed by atoms with Crippen LogP contribution in [0.1, 0.15) is 0 Å². The lowest BCUT2D eigenvalue weighted by Crippen LogP contribution is -1.96. The van der Waals surface area contributed by atoms with Gasteiger partial charge in [0, 0.05) is 9.77 Å². The third-order valence-electron chi connectivity index (χ3n) is 1.76. The Bertz CT molecular complexity index is 476. The van der Waals surface area contributed by atoms with Crippen LogP contribution in [0.3, 0.4) is 0 Å². The number of anilines is 2. The van der Waals surface area contributed by atoms with Gasteiger partial charge in [-0.2, -0.15) is 0 Å². The number of benzene rings is 1. The Morgan fingerprint density at radius 3 is 2.73 bits per heavy atom. The number of rotatable bonds is 2. The van der Waals surface area contributed by atoms with Gasteiger partial charge in [0.15, 0.2) is 0 Å². The van der Waals surface area contributed by atoms with Gasteiger partial charge in [-0.25, -0.2) is 9.97 Å². The molecule has 1 N–H and O–H groups in total. The van der Waals surface area contributed by atoms with Crippen molar-refractivity contribution in [3.63, 3.8) is 0 Å². The average molecular weight is 332 g/mol. The molecule has 0 radical (unpaired) electrons. The van der Waals surface area contributed by atoms with Crippen LogP contribution in [0.4, 0.5) is 11.5 Å². The smallest absolute Gasteiger partial charge is 0.224 e. The van der Waals surface area contributed by atoms with Gasteiger partial charge in [0.1, 0.15) is 5.82 Å². The van der Waals surface area contributed by atoms with Crippen molar-refractivity contribution in [2.45, 2.75) is 0 Å². The first-order valence-corrected chi connectivity index (χ1v) is 5.71. The zero-order valence-electron chi connectivity index (χ0n) is 7.61. The van der Waals surface area contributed by atoms with Crippen molar-refractivity contribution < 1.29 is 0 Å². The summed E-state index contributed by atoms with van der Waals surface area (Å²) in [5.41, 5.74) is 1.01. The van der Waals surface area contributed by atoms with Gasteiger partial charge >= 0.3 is 0 Å². The van der Waals surface area contributed by atoms with Gasteiger partial charge in [0.25, 0.3) is 0 Å². The average Bonchev–Trinajstić information content (AvgIpc) is 2.22. The first-order chi connectivity index (χ1) is 7.25. The molecule has 0 spiro atoms. The van der Waals surface area contributed by atoms with Crippen LogP contribution in [0.15, 0.2) is 36.5 Å². The molecule has 0 atom stereocenters. The first-order valence-electron chi connectivity index (χ1n) is 4.26. The van der Waals surface area contributed by atoms with E-state index < -0.39 is 0 Å². The topological polar surface area (TPSA) is 37.8 Å². The van der Waals surface area contributed by atoms with E-state index in [1.165, 1.54) is 0 Å². The second-order valence-corrected chi connectivity index (χ2v) is 4.32. The number of hydrogen-bond donors (Lipinski definition) is 1. The molecular formula is C10H7ClIN3. The zero-order valence-corrected chi connectivity index (χ0v) is 10.5. The molecule has 0 saturated heterocycles. The predicted octanol–water partition coefficient (Wildman–Crippen LogP) is 3.48. The van der Waals surface area contributed by atoms with E-state index in [4.69, 9.17) is 11.6 Å². The van der Waals surface area contributed by atoms with Gasteiger partial charge in [-0.15, -0.1) is 0 Å². The Balaban J connectivity index is 2.26. The van der Waals surface area contributed by atoms with Gasteiger partial charge < -0.3 is 5.32 Å². The van der Waals surface area contributed by atoms with E-state index in [9.17, 15) is 0 Å². The number of halogens is 2. The molecule has 0 fully saturated rings. The van der Waals surface area contributed by atoms with Crippen molar-refractivity contribution in [3.8, 4) is 0 Å². The Morgan fingerprint density at radius 2 is 2.00 bits per heavy atom. The van der Waals surface area contributed by atoms with Gasteiger partial charge in [-0.3, -0.25) is 0 Å². The second-order valence-electron chi connectivity index (χ2n) is 2.82. The van der Waals surface area contributed by atoms with Crippen LogP contribution < -0.4 is 5.32 Å². The minimum absolute atomic E-state index is 0.242. The van der Waals surface area contributed by atoms with Crippen molar-refractivity contribution in [1.29, 1.82) is 0 Å². The summed E-state index contributed by atoms with van der Waals surface area (Å²) in [4.78, 5) is 7.87. The van der Waals surface area contributed by atoms with E-state index in [2.05, 4.69) is 37.9 Å². The van der Waals surface area contributed by atoms with Crippen LogP contribution in [0.2, 0.25) is 5.28 Å². The Morgan fingerprint density at radius 1 is 1.20 bits per heavy atom. The minimum atomic E-state index is 0.242. The van der Waals surface area contributed by atoms with Crippen LogP contribution >= 0.6 is 34.2 Å². The van der Waals surface area contributed by atoms with Crippen LogP contribution in [-0.4, -0.2) is 9.97 Å². The summed E-state index contributed by atoms with van der Waals surface area (Å²) >= 11 is 7.94. The molecule has 1 heterocycles. The van der Waals surface area contributed by atoms with Crippen molar-refractivity contribution in [3.05, 3.63) is 45.4 Å². The highest BCUT2D eigenvalue weighted by Gasteiger charge is 2.00. The maximum absolute atomic E-state index is 5.69. The fourth-order valence-electron chi connectivity index (χ4n) is 1.11. The highest BCUT2D eigenvalue weighted by atomic mass is 127. The minimum Gasteiger partial charge on any atom is -0.339 e. The number of aromatic nitrogens is 2. The maximum Gasteiger partial charge on any atom is 0.224 e. The number of hydrogen-bond acceptors (Lipinski definition) is 3. The molecule has 5 heteroatoms. The number of nitrogens with zero attached hydrogens (tertiary/aromatic N) is 2. The second kappa shape index (κ2) is 4.76. The summed E-state index contributed by atoms with van der Waals surface area (Å²) in [6.07, 6.45) is 1.62. The predicted molar refractivity (Wildman–Crippen MR) is 69.5 cm³/mol.